The first-order valence-corrected chi connectivity index (χ1v) is 9.66. The highest BCUT2D eigenvalue weighted by Crippen LogP contribution is 2.30. The van der Waals surface area contributed by atoms with Crippen molar-refractivity contribution in [2.45, 2.75) is 6.54 Å². The molecule has 4 rings (SSSR count). The smallest absolute Gasteiger partial charge is 0.255 e. The molecular formula is C23H18F2N2O5. The van der Waals surface area contributed by atoms with Gasteiger partial charge < -0.3 is 25.2 Å². The Hall–Kier alpha value is -4.14. The van der Waals surface area contributed by atoms with Gasteiger partial charge in [0, 0.05) is 29.9 Å². The predicted octanol–water partition coefficient (Wildman–Crippen LogP) is 3.62. The van der Waals surface area contributed by atoms with Gasteiger partial charge in [-0.05, 0) is 42.0 Å². The number of hydrogen-bond acceptors (Lipinski definition) is 5. The molecule has 0 atom stereocenters. The molecular weight excluding hydrogens is 422 g/mol. The normalized spacial score (nSPS) is 12.2. The summed E-state index contributed by atoms with van der Waals surface area (Å²) in [6.45, 7) is 1.13. The highest BCUT2D eigenvalue weighted by atomic mass is 19.1. The quantitative estimate of drug-likeness (QED) is 0.563. The zero-order chi connectivity index (χ0) is 22.7. The van der Waals surface area contributed by atoms with Gasteiger partial charge in [-0.2, -0.15) is 0 Å². The van der Waals surface area contributed by atoms with E-state index >= 15 is 0 Å². The van der Waals surface area contributed by atoms with Crippen molar-refractivity contribution >= 4 is 17.5 Å². The van der Waals surface area contributed by atoms with Crippen molar-refractivity contribution in [1.82, 2.24) is 5.32 Å². The van der Waals surface area contributed by atoms with Gasteiger partial charge in [0.1, 0.15) is 30.6 Å². The van der Waals surface area contributed by atoms with E-state index in [0.29, 0.717) is 30.8 Å². The molecule has 3 aromatic carbocycles. The number of nitrogens with one attached hydrogen (secondary N) is 2. The van der Waals surface area contributed by atoms with Crippen LogP contribution in [-0.2, 0) is 6.54 Å². The van der Waals surface area contributed by atoms with E-state index in [1.54, 1.807) is 18.2 Å². The summed E-state index contributed by atoms with van der Waals surface area (Å²) in [5.74, 6) is -2.19. The monoisotopic (exact) mass is 440 g/mol. The first-order valence-electron chi connectivity index (χ1n) is 9.66. The number of fused-ring (bicyclic) bond motifs is 1. The lowest BCUT2D eigenvalue weighted by Gasteiger charge is -2.19. The Balaban J connectivity index is 1.40. The van der Waals surface area contributed by atoms with Crippen LogP contribution >= 0.6 is 0 Å². The van der Waals surface area contributed by atoms with Crippen LogP contribution in [0.5, 0.6) is 17.2 Å². The summed E-state index contributed by atoms with van der Waals surface area (Å²) in [6, 6.07) is 11.6. The summed E-state index contributed by atoms with van der Waals surface area (Å²) in [4.78, 5) is 24.6. The summed E-state index contributed by atoms with van der Waals surface area (Å²) >= 11 is 0. The molecule has 2 amide bonds. The van der Waals surface area contributed by atoms with Crippen LogP contribution in [0.3, 0.4) is 0 Å². The largest absolute Gasteiger partial charge is 0.507 e. The summed E-state index contributed by atoms with van der Waals surface area (Å²) in [5.41, 5.74) is 0.717. The van der Waals surface area contributed by atoms with E-state index in [1.807, 2.05) is 0 Å². The minimum absolute atomic E-state index is 0.00246. The van der Waals surface area contributed by atoms with E-state index in [9.17, 15) is 23.5 Å². The molecule has 7 nitrogen and oxygen atoms in total. The van der Waals surface area contributed by atoms with Crippen molar-refractivity contribution in [3.8, 4) is 17.2 Å². The number of hydrogen-bond donors (Lipinski definition) is 3. The Kier molecular flexibility index (Phi) is 5.89. The molecule has 0 saturated heterocycles. The molecule has 1 heterocycles. The Labute approximate surface area is 181 Å². The summed E-state index contributed by atoms with van der Waals surface area (Å²) in [6.07, 6.45) is 0. The molecule has 0 bridgehead atoms. The first kappa shape index (κ1) is 21.1. The SMILES string of the molecule is O=C(Nc1ccc(C(=O)NCc2ccc3c(c2)OCCO3)c(O)c1)c1cc(F)cc(F)c1. The minimum atomic E-state index is -0.886. The van der Waals surface area contributed by atoms with Crippen LogP contribution in [-0.4, -0.2) is 30.1 Å². The zero-order valence-corrected chi connectivity index (χ0v) is 16.7. The van der Waals surface area contributed by atoms with Crippen LogP contribution in [0.15, 0.2) is 54.6 Å². The van der Waals surface area contributed by atoms with Crippen molar-refractivity contribution in [1.29, 1.82) is 0 Å². The third-order valence-corrected chi connectivity index (χ3v) is 4.68. The average Bonchev–Trinajstić information content (AvgIpc) is 2.76. The highest BCUT2D eigenvalue weighted by molar-refractivity contribution is 6.05. The van der Waals surface area contributed by atoms with Crippen LogP contribution in [0.1, 0.15) is 26.3 Å². The van der Waals surface area contributed by atoms with E-state index in [0.717, 1.165) is 17.7 Å². The van der Waals surface area contributed by atoms with Gasteiger partial charge in [0.15, 0.2) is 11.5 Å². The van der Waals surface area contributed by atoms with Crippen molar-refractivity contribution < 1.29 is 33.0 Å². The van der Waals surface area contributed by atoms with Crippen molar-refractivity contribution in [3.63, 3.8) is 0 Å². The zero-order valence-electron chi connectivity index (χ0n) is 16.7. The molecule has 164 valence electrons. The summed E-state index contributed by atoms with van der Waals surface area (Å²) in [7, 11) is 0. The van der Waals surface area contributed by atoms with Crippen molar-refractivity contribution in [3.05, 3.63) is 82.9 Å². The highest BCUT2D eigenvalue weighted by Gasteiger charge is 2.16. The number of phenolic OH excluding ortho intramolecular Hbond substituents is 1. The lowest BCUT2D eigenvalue weighted by molar-refractivity contribution is 0.0947. The van der Waals surface area contributed by atoms with Crippen LogP contribution in [0.2, 0.25) is 0 Å². The molecule has 9 heteroatoms. The lowest BCUT2D eigenvalue weighted by atomic mass is 10.1. The second kappa shape index (κ2) is 8.93. The number of rotatable bonds is 5. The molecule has 0 radical (unpaired) electrons. The molecule has 0 unspecified atom stereocenters. The molecule has 3 N–H and O–H groups in total. The number of phenols is 1. The molecule has 0 aromatic heterocycles. The maximum atomic E-state index is 13.3. The number of amides is 2. The molecule has 0 fully saturated rings. The number of aromatic hydroxyl groups is 1. The Morgan fingerprint density at radius 1 is 0.875 bits per heavy atom. The summed E-state index contributed by atoms with van der Waals surface area (Å²) < 4.78 is 37.6. The molecule has 1 aliphatic heterocycles. The van der Waals surface area contributed by atoms with Crippen LogP contribution < -0.4 is 20.1 Å². The molecule has 0 saturated carbocycles. The van der Waals surface area contributed by atoms with Gasteiger partial charge in [-0.15, -0.1) is 0 Å². The van der Waals surface area contributed by atoms with Gasteiger partial charge in [-0.3, -0.25) is 9.59 Å². The molecule has 3 aromatic rings. The number of anilines is 1. The Morgan fingerprint density at radius 3 is 2.31 bits per heavy atom. The van der Waals surface area contributed by atoms with Gasteiger partial charge in [0.25, 0.3) is 11.8 Å². The van der Waals surface area contributed by atoms with Gasteiger partial charge >= 0.3 is 0 Å². The van der Waals surface area contributed by atoms with E-state index in [4.69, 9.17) is 9.47 Å². The fourth-order valence-corrected chi connectivity index (χ4v) is 3.16. The number of benzene rings is 3. The Bertz CT molecular complexity index is 1180. The van der Waals surface area contributed by atoms with Gasteiger partial charge in [0.05, 0.1) is 5.56 Å². The Morgan fingerprint density at radius 2 is 1.59 bits per heavy atom. The van der Waals surface area contributed by atoms with Gasteiger partial charge in [-0.25, -0.2) is 8.78 Å². The number of carbonyl (C=O) groups is 2. The van der Waals surface area contributed by atoms with Crippen molar-refractivity contribution in [2.75, 3.05) is 18.5 Å². The van der Waals surface area contributed by atoms with Gasteiger partial charge in [-0.1, -0.05) is 6.07 Å². The second-order valence-corrected chi connectivity index (χ2v) is 7.00. The van der Waals surface area contributed by atoms with Gasteiger partial charge in [0.2, 0.25) is 0 Å². The fourth-order valence-electron chi connectivity index (χ4n) is 3.16. The second-order valence-electron chi connectivity index (χ2n) is 7.00. The third kappa shape index (κ3) is 4.77. The first-order chi connectivity index (χ1) is 15.4. The van der Waals surface area contributed by atoms with E-state index in [2.05, 4.69) is 10.6 Å². The minimum Gasteiger partial charge on any atom is -0.507 e. The number of halogens is 2. The fraction of sp³-hybridized carbons (Fsp3) is 0.130. The third-order valence-electron chi connectivity index (χ3n) is 4.68. The van der Waals surface area contributed by atoms with E-state index in [-0.39, 0.29) is 29.1 Å². The maximum absolute atomic E-state index is 13.3. The van der Waals surface area contributed by atoms with E-state index < -0.39 is 23.4 Å². The standard InChI is InChI=1S/C23H18F2N2O5/c24-15-8-14(9-16(25)10-15)22(29)27-17-2-3-18(19(28)11-17)23(30)26-12-13-1-4-20-21(7-13)32-6-5-31-20/h1-4,7-11,28H,5-6,12H2,(H,26,30)(H,27,29). The van der Waals surface area contributed by atoms with Crippen LogP contribution in [0, 0.1) is 11.6 Å². The predicted molar refractivity (Wildman–Crippen MR) is 111 cm³/mol. The molecule has 32 heavy (non-hydrogen) atoms. The molecule has 1 aliphatic rings. The van der Waals surface area contributed by atoms with Crippen LogP contribution in [0.4, 0.5) is 14.5 Å². The van der Waals surface area contributed by atoms with Crippen molar-refractivity contribution in [2.24, 2.45) is 0 Å². The summed E-state index contributed by atoms with van der Waals surface area (Å²) in [5, 5.41) is 15.3. The average molecular weight is 440 g/mol. The van der Waals surface area contributed by atoms with E-state index in [1.165, 1.54) is 18.2 Å². The topological polar surface area (TPSA) is 96.9 Å². The number of ether oxygens (including phenoxy) is 2. The number of carbonyl (C=O) groups excluding carboxylic acids is 2. The van der Waals surface area contributed by atoms with Crippen LogP contribution in [0.25, 0.3) is 0 Å². The maximum Gasteiger partial charge on any atom is 0.255 e. The molecule has 0 spiro atoms. The molecule has 0 aliphatic carbocycles. The lowest BCUT2D eigenvalue weighted by Crippen LogP contribution is -2.23.